The maximum absolute atomic E-state index is 10.5. The molecule has 14 heavy (non-hydrogen) atoms. The van der Waals surface area contributed by atoms with Gasteiger partial charge in [0, 0.05) is 13.2 Å². The Morgan fingerprint density at radius 2 is 2.00 bits per heavy atom. The third-order valence-corrected chi connectivity index (χ3v) is 2.06. The van der Waals surface area contributed by atoms with Gasteiger partial charge in [-0.3, -0.25) is 0 Å². The Bertz CT molecular complexity index is 150. The van der Waals surface area contributed by atoms with Gasteiger partial charge < -0.3 is 15.6 Å². The van der Waals surface area contributed by atoms with Crippen LogP contribution in [0.3, 0.4) is 0 Å². The highest BCUT2D eigenvalue weighted by Gasteiger charge is 2.14. The molecule has 1 unspecified atom stereocenters. The minimum absolute atomic E-state index is 0.0459. The van der Waals surface area contributed by atoms with Crippen LogP contribution in [0.25, 0.3) is 0 Å². The summed E-state index contributed by atoms with van der Waals surface area (Å²) in [7, 11) is 0. The van der Waals surface area contributed by atoms with Gasteiger partial charge in [0.15, 0.2) is 6.10 Å². The third-order valence-electron chi connectivity index (χ3n) is 2.06. The zero-order valence-electron chi connectivity index (χ0n) is 8.87. The predicted octanol–water partition coefficient (Wildman–Crippen LogP) is 1.39. The molecule has 0 heterocycles. The van der Waals surface area contributed by atoms with E-state index in [1.807, 2.05) is 0 Å². The molecule has 0 aliphatic heterocycles. The summed E-state index contributed by atoms with van der Waals surface area (Å²) >= 11 is 0. The van der Waals surface area contributed by atoms with Crippen LogP contribution in [0.4, 0.5) is 0 Å². The zero-order valence-corrected chi connectivity index (χ0v) is 8.87. The van der Waals surface area contributed by atoms with Crippen LogP contribution in [0.15, 0.2) is 0 Å². The fraction of sp³-hybridized carbons (Fsp3) is 0.900. The third kappa shape index (κ3) is 6.86. The zero-order chi connectivity index (χ0) is 10.8. The van der Waals surface area contributed by atoms with Crippen LogP contribution in [0.5, 0.6) is 0 Å². The molecule has 0 aliphatic carbocycles. The normalized spacial score (nSPS) is 12.7. The molecule has 4 heteroatoms. The van der Waals surface area contributed by atoms with Crippen LogP contribution >= 0.6 is 0 Å². The van der Waals surface area contributed by atoms with E-state index in [2.05, 4.69) is 6.92 Å². The molecule has 0 aromatic rings. The topological polar surface area (TPSA) is 72.5 Å². The van der Waals surface area contributed by atoms with Crippen LogP contribution in [-0.2, 0) is 9.53 Å². The molecular weight excluding hydrogens is 182 g/mol. The number of carbonyl (C=O) groups is 1. The summed E-state index contributed by atoms with van der Waals surface area (Å²) in [5.74, 6) is -0.971. The molecule has 0 radical (unpaired) electrons. The second-order valence-corrected chi connectivity index (χ2v) is 3.35. The van der Waals surface area contributed by atoms with E-state index >= 15 is 0 Å². The Morgan fingerprint density at radius 3 is 2.50 bits per heavy atom. The maximum atomic E-state index is 10.5. The van der Waals surface area contributed by atoms with Gasteiger partial charge in [-0.25, -0.2) is 4.79 Å². The van der Waals surface area contributed by atoms with Crippen molar-refractivity contribution in [3.8, 4) is 0 Å². The fourth-order valence-corrected chi connectivity index (χ4v) is 1.17. The second kappa shape index (κ2) is 8.97. The van der Waals surface area contributed by atoms with Crippen molar-refractivity contribution in [2.45, 2.75) is 45.1 Å². The molecule has 0 spiro atoms. The molecule has 0 aromatic heterocycles. The first-order valence-electron chi connectivity index (χ1n) is 5.26. The molecule has 0 fully saturated rings. The molecule has 3 N–H and O–H groups in total. The lowest BCUT2D eigenvalue weighted by Crippen LogP contribution is -2.32. The highest BCUT2D eigenvalue weighted by Crippen LogP contribution is 2.03. The van der Waals surface area contributed by atoms with Crippen LogP contribution in [0.2, 0.25) is 0 Å². The molecule has 84 valence electrons. The van der Waals surface area contributed by atoms with E-state index in [1.54, 1.807) is 0 Å². The van der Waals surface area contributed by atoms with E-state index in [1.165, 1.54) is 19.3 Å². The van der Waals surface area contributed by atoms with Gasteiger partial charge in [0.1, 0.15) is 0 Å². The minimum atomic E-state index is -0.971. The highest BCUT2D eigenvalue weighted by molar-refractivity contribution is 5.72. The van der Waals surface area contributed by atoms with E-state index in [0.717, 1.165) is 12.8 Å². The molecule has 0 rings (SSSR count). The molecular formula is C10H21NO3. The van der Waals surface area contributed by atoms with Gasteiger partial charge in [-0.05, 0) is 6.42 Å². The number of aliphatic carboxylic acids is 1. The summed E-state index contributed by atoms with van der Waals surface area (Å²) in [6.45, 7) is 2.70. The Kier molecular flexibility index (Phi) is 8.57. The largest absolute Gasteiger partial charge is 0.479 e. The monoisotopic (exact) mass is 203 g/mol. The first-order chi connectivity index (χ1) is 6.72. The van der Waals surface area contributed by atoms with Crippen LogP contribution in [0.1, 0.15) is 39.0 Å². The van der Waals surface area contributed by atoms with Gasteiger partial charge in [0.2, 0.25) is 0 Å². The Hall–Kier alpha value is -0.610. The number of nitrogens with two attached hydrogens (primary N) is 1. The summed E-state index contributed by atoms with van der Waals surface area (Å²) in [6, 6.07) is 0. The van der Waals surface area contributed by atoms with Crippen LogP contribution < -0.4 is 5.73 Å². The standard InChI is InChI=1S/C10H21NO3/c1-2-3-4-5-6-7-14-9(8-11)10(12)13/h9H,2-8,11H2,1H3,(H,12,13). The smallest absolute Gasteiger partial charge is 0.334 e. The summed E-state index contributed by atoms with van der Waals surface area (Å²) in [6.07, 6.45) is 4.83. The first-order valence-corrected chi connectivity index (χ1v) is 5.26. The molecule has 0 saturated heterocycles. The average Bonchev–Trinajstić information content (AvgIpc) is 2.16. The first kappa shape index (κ1) is 13.4. The SMILES string of the molecule is CCCCCCCOC(CN)C(=O)O. The lowest BCUT2D eigenvalue weighted by atomic mass is 10.2. The quantitative estimate of drug-likeness (QED) is 0.555. The van der Waals surface area contributed by atoms with Crippen molar-refractivity contribution >= 4 is 5.97 Å². The number of rotatable bonds is 9. The van der Waals surface area contributed by atoms with Crippen LogP contribution in [0, 0.1) is 0 Å². The number of ether oxygens (including phenoxy) is 1. The van der Waals surface area contributed by atoms with E-state index < -0.39 is 12.1 Å². The molecule has 0 amide bonds. The van der Waals surface area contributed by atoms with Crippen molar-refractivity contribution in [1.82, 2.24) is 0 Å². The lowest BCUT2D eigenvalue weighted by Gasteiger charge is -2.10. The Balaban J connectivity index is 3.29. The van der Waals surface area contributed by atoms with Gasteiger partial charge in [-0.15, -0.1) is 0 Å². The van der Waals surface area contributed by atoms with E-state index in [0.29, 0.717) is 6.61 Å². The van der Waals surface area contributed by atoms with Gasteiger partial charge >= 0.3 is 5.97 Å². The van der Waals surface area contributed by atoms with Crippen molar-refractivity contribution in [3.63, 3.8) is 0 Å². The Labute approximate surface area is 85.4 Å². The lowest BCUT2D eigenvalue weighted by molar-refractivity contribution is -0.149. The molecule has 0 aliphatic rings. The molecule has 1 atom stereocenters. The summed E-state index contributed by atoms with van der Waals surface area (Å²) in [5.41, 5.74) is 5.23. The van der Waals surface area contributed by atoms with Crippen molar-refractivity contribution in [1.29, 1.82) is 0 Å². The van der Waals surface area contributed by atoms with Gasteiger partial charge in [-0.1, -0.05) is 32.6 Å². The molecule has 4 nitrogen and oxygen atoms in total. The average molecular weight is 203 g/mol. The van der Waals surface area contributed by atoms with Gasteiger partial charge in [0.05, 0.1) is 0 Å². The number of unbranched alkanes of at least 4 members (excludes halogenated alkanes) is 4. The van der Waals surface area contributed by atoms with E-state index in [4.69, 9.17) is 15.6 Å². The second-order valence-electron chi connectivity index (χ2n) is 3.35. The fourth-order valence-electron chi connectivity index (χ4n) is 1.17. The van der Waals surface area contributed by atoms with Crippen molar-refractivity contribution in [3.05, 3.63) is 0 Å². The summed E-state index contributed by atoms with van der Waals surface area (Å²) in [4.78, 5) is 10.5. The predicted molar refractivity (Wildman–Crippen MR) is 55.2 cm³/mol. The van der Waals surface area contributed by atoms with Gasteiger partial charge in [0.25, 0.3) is 0 Å². The van der Waals surface area contributed by atoms with Crippen molar-refractivity contribution in [2.75, 3.05) is 13.2 Å². The van der Waals surface area contributed by atoms with E-state index in [-0.39, 0.29) is 6.54 Å². The van der Waals surface area contributed by atoms with Crippen molar-refractivity contribution in [2.24, 2.45) is 5.73 Å². The number of hydrogen-bond acceptors (Lipinski definition) is 3. The van der Waals surface area contributed by atoms with Gasteiger partial charge in [-0.2, -0.15) is 0 Å². The summed E-state index contributed by atoms with van der Waals surface area (Å²) in [5, 5.41) is 8.61. The molecule has 0 bridgehead atoms. The maximum Gasteiger partial charge on any atom is 0.334 e. The van der Waals surface area contributed by atoms with Crippen molar-refractivity contribution < 1.29 is 14.6 Å². The Morgan fingerprint density at radius 1 is 1.36 bits per heavy atom. The number of carboxylic acids is 1. The molecule has 0 saturated carbocycles. The summed E-state index contributed by atoms with van der Waals surface area (Å²) < 4.78 is 5.11. The van der Waals surface area contributed by atoms with E-state index in [9.17, 15) is 4.79 Å². The molecule has 0 aromatic carbocycles. The number of hydrogen-bond donors (Lipinski definition) is 2. The highest BCUT2D eigenvalue weighted by atomic mass is 16.5. The minimum Gasteiger partial charge on any atom is -0.479 e. The number of carboxylic acid groups (broad SMARTS) is 1. The van der Waals surface area contributed by atoms with Crippen LogP contribution in [-0.4, -0.2) is 30.3 Å².